The molecule has 0 aliphatic carbocycles. The van der Waals surface area contributed by atoms with Crippen LogP contribution in [0.3, 0.4) is 0 Å². The summed E-state index contributed by atoms with van der Waals surface area (Å²) in [6, 6.07) is 67.3. The summed E-state index contributed by atoms with van der Waals surface area (Å²) in [4.78, 5) is 0. The van der Waals surface area contributed by atoms with Crippen LogP contribution in [0.15, 0.2) is 182 Å². The Labute approximate surface area is 359 Å². The van der Waals surface area contributed by atoms with E-state index in [4.69, 9.17) is 9.47 Å². The van der Waals surface area contributed by atoms with Gasteiger partial charge in [0.2, 0.25) is 0 Å². The van der Waals surface area contributed by atoms with E-state index in [0.29, 0.717) is 0 Å². The first kappa shape index (κ1) is 41.0. The third-order valence-corrected chi connectivity index (χ3v) is 16.4. The van der Waals surface area contributed by atoms with Crippen molar-refractivity contribution in [2.45, 2.75) is 40.0 Å². The van der Waals surface area contributed by atoms with Crippen LogP contribution in [0.5, 0.6) is 11.5 Å². The lowest BCUT2D eigenvalue weighted by Gasteiger charge is -2.29. The third-order valence-electron chi connectivity index (χ3n) is 11.4. The predicted molar refractivity (Wildman–Crippen MR) is 260 cm³/mol. The van der Waals surface area contributed by atoms with Gasteiger partial charge in [-0.25, -0.2) is 0 Å². The van der Waals surface area contributed by atoms with Gasteiger partial charge < -0.3 is 9.47 Å². The molecule has 0 amide bonds. The zero-order chi connectivity index (χ0) is 41.6. The lowest BCUT2D eigenvalue weighted by Crippen LogP contribution is -2.16. The lowest BCUT2D eigenvalue weighted by atomic mass is 9.86. The quantitative estimate of drug-likeness (QED) is 0.108. The van der Waals surface area contributed by atoms with Crippen molar-refractivity contribution >= 4 is 37.1 Å². The largest absolute Gasteiger partial charge is 0.496 e. The zero-order valence-electron chi connectivity index (χ0n) is 35.4. The Kier molecular flexibility index (Phi) is 12.7. The molecule has 0 unspecified atom stereocenters. The molecule has 0 heterocycles. The van der Waals surface area contributed by atoms with Gasteiger partial charge >= 0.3 is 0 Å². The van der Waals surface area contributed by atoms with Gasteiger partial charge in [-0.1, -0.05) is 192 Å². The molecular formula is C56H52O2P2. The minimum absolute atomic E-state index is 0.807. The number of aryl methyl sites for hydroxylation is 4. The average Bonchev–Trinajstić information content (AvgIpc) is 3.29. The normalized spacial score (nSPS) is 11.3. The van der Waals surface area contributed by atoms with Crippen molar-refractivity contribution in [3.8, 4) is 44.9 Å². The Morgan fingerprint density at radius 2 is 0.617 bits per heavy atom. The summed E-state index contributed by atoms with van der Waals surface area (Å²) in [5, 5.41) is 5.39. The minimum Gasteiger partial charge on any atom is -0.496 e. The molecular weight excluding hydrogens is 767 g/mol. The second-order valence-electron chi connectivity index (χ2n) is 15.6. The van der Waals surface area contributed by atoms with E-state index >= 15 is 0 Å². The van der Waals surface area contributed by atoms with Gasteiger partial charge in [0.05, 0.1) is 14.2 Å². The van der Waals surface area contributed by atoms with Crippen LogP contribution in [0.2, 0.25) is 0 Å². The van der Waals surface area contributed by atoms with Gasteiger partial charge in [0.25, 0.3) is 0 Å². The van der Waals surface area contributed by atoms with E-state index in [-0.39, 0.29) is 0 Å². The van der Waals surface area contributed by atoms with Crippen LogP contribution < -0.4 is 30.7 Å². The van der Waals surface area contributed by atoms with Crippen molar-refractivity contribution in [1.29, 1.82) is 0 Å². The second-order valence-corrected chi connectivity index (χ2v) is 20.0. The van der Waals surface area contributed by atoms with Crippen LogP contribution >= 0.6 is 15.8 Å². The molecule has 0 saturated heterocycles. The highest BCUT2D eigenvalue weighted by Gasteiger charge is 2.29. The fourth-order valence-electron chi connectivity index (χ4n) is 8.12. The highest BCUT2D eigenvalue weighted by Crippen LogP contribution is 2.53. The molecule has 0 aliphatic rings. The Balaban J connectivity index is 1.46. The molecule has 0 saturated carbocycles. The van der Waals surface area contributed by atoms with E-state index in [1.54, 1.807) is 0 Å². The van der Waals surface area contributed by atoms with Crippen LogP contribution in [0.25, 0.3) is 33.4 Å². The molecule has 2 nitrogen and oxygen atoms in total. The van der Waals surface area contributed by atoms with Gasteiger partial charge in [-0.15, -0.1) is 0 Å². The van der Waals surface area contributed by atoms with E-state index in [2.05, 4.69) is 210 Å². The molecule has 0 spiro atoms. The van der Waals surface area contributed by atoms with Crippen LogP contribution in [-0.2, 0) is 12.3 Å². The van der Waals surface area contributed by atoms with E-state index in [1.807, 2.05) is 14.2 Å². The van der Waals surface area contributed by atoms with E-state index < -0.39 is 15.8 Å². The summed E-state index contributed by atoms with van der Waals surface area (Å²) < 4.78 is 13.0. The third kappa shape index (κ3) is 8.88. The summed E-state index contributed by atoms with van der Waals surface area (Å²) in [7, 11) is 1.93. The van der Waals surface area contributed by atoms with Gasteiger partial charge in [-0.05, 0) is 110 Å². The van der Waals surface area contributed by atoms with E-state index in [1.165, 1.54) is 76.9 Å². The first-order valence-electron chi connectivity index (χ1n) is 20.6. The zero-order valence-corrected chi connectivity index (χ0v) is 37.2. The standard InChI is InChI=1S/C56H52O2P2/c1-39-17-25-45(26-18-39)59(46-27-19-40(2)20-28-46)37-51-49(43-13-9-7-10-14-43)33-35-53(57-5)55(51)56-52(50(34-36-54(56)58-6)44-15-11-8-12-16-44)38-60(47-29-21-41(3)22-30-47)48-31-23-42(4)24-32-48/h7-36H,37-38H2,1-6H3. The molecule has 8 aromatic carbocycles. The lowest BCUT2D eigenvalue weighted by molar-refractivity contribution is 0.410. The molecule has 298 valence electrons. The minimum atomic E-state index is -0.845. The van der Waals surface area contributed by atoms with Gasteiger partial charge in [0.15, 0.2) is 0 Å². The van der Waals surface area contributed by atoms with Crippen molar-refractivity contribution in [2.24, 2.45) is 0 Å². The van der Waals surface area contributed by atoms with Crippen molar-refractivity contribution in [3.05, 3.63) is 215 Å². The van der Waals surface area contributed by atoms with Gasteiger partial charge in [-0.3, -0.25) is 0 Å². The fraction of sp³-hybridized carbons (Fsp3) is 0.143. The molecule has 0 radical (unpaired) electrons. The topological polar surface area (TPSA) is 18.5 Å². The molecule has 0 aromatic heterocycles. The fourth-order valence-corrected chi connectivity index (χ4v) is 12.8. The van der Waals surface area contributed by atoms with Gasteiger partial charge in [-0.2, -0.15) is 0 Å². The van der Waals surface area contributed by atoms with Crippen molar-refractivity contribution in [2.75, 3.05) is 14.2 Å². The molecule has 8 aromatic rings. The van der Waals surface area contributed by atoms with Crippen LogP contribution in [0, 0.1) is 27.7 Å². The highest BCUT2D eigenvalue weighted by atomic mass is 31.1. The Morgan fingerprint density at radius 3 is 0.883 bits per heavy atom. The number of hydrogen-bond acceptors (Lipinski definition) is 2. The van der Waals surface area contributed by atoms with Crippen LogP contribution in [0.1, 0.15) is 33.4 Å². The summed E-state index contributed by atoms with van der Waals surface area (Å²) in [6.07, 6.45) is 1.61. The van der Waals surface area contributed by atoms with Crippen LogP contribution in [-0.4, -0.2) is 14.2 Å². The summed E-state index contributed by atoms with van der Waals surface area (Å²) >= 11 is 0. The van der Waals surface area contributed by atoms with Crippen molar-refractivity contribution in [1.82, 2.24) is 0 Å². The van der Waals surface area contributed by atoms with Crippen molar-refractivity contribution < 1.29 is 9.47 Å². The first-order valence-corrected chi connectivity index (χ1v) is 23.7. The molecule has 60 heavy (non-hydrogen) atoms. The molecule has 0 bridgehead atoms. The smallest absolute Gasteiger partial charge is 0.127 e. The Bertz CT molecular complexity index is 2390. The molecule has 0 fully saturated rings. The monoisotopic (exact) mass is 818 g/mol. The van der Waals surface area contributed by atoms with Gasteiger partial charge in [0.1, 0.15) is 11.5 Å². The van der Waals surface area contributed by atoms with E-state index in [0.717, 1.165) is 34.9 Å². The van der Waals surface area contributed by atoms with Crippen LogP contribution in [0.4, 0.5) is 0 Å². The van der Waals surface area contributed by atoms with E-state index in [9.17, 15) is 0 Å². The molecule has 0 atom stereocenters. The Hall–Kier alpha value is -5.78. The predicted octanol–water partition coefficient (Wildman–Crippen LogP) is 13.2. The SMILES string of the molecule is COc1ccc(-c2ccccc2)c(CP(c2ccc(C)cc2)c2ccc(C)cc2)c1-c1c(OC)ccc(-c2ccccc2)c1CP(c1ccc(C)cc1)c1ccc(C)cc1. The summed E-state index contributed by atoms with van der Waals surface area (Å²) in [6.45, 7) is 8.67. The molecule has 0 aliphatic heterocycles. The number of benzene rings is 8. The number of ether oxygens (including phenoxy) is 2. The number of hydrogen-bond donors (Lipinski definition) is 0. The Morgan fingerprint density at radius 1 is 0.333 bits per heavy atom. The number of rotatable bonds is 13. The van der Waals surface area contributed by atoms with Crippen molar-refractivity contribution in [3.63, 3.8) is 0 Å². The molecule has 4 heteroatoms. The maximum Gasteiger partial charge on any atom is 0.127 e. The average molecular weight is 819 g/mol. The second kappa shape index (κ2) is 18.6. The highest BCUT2D eigenvalue weighted by molar-refractivity contribution is 7.72. The summed E-state index contributed by atoms with van der Waals surface area (Å²) in [5.74, 6) is 1.68. The maximum atomic E-state index is 6.51. The summed E-state index contributed by atoms with van der Waals surface area (Å²) in [5.41, 5.74) is 14.5. The number of methoxy groups -OCH3 is 2. The molecule has 0 N–H and O–H groups in total. The first-order chi connectivity index (χ1) is 29.3. The van der Waals surface area contributed by atoms with Gasteiger partial charge in [0, 0.05) is 23.5 Å². The maximum absolute atomic E-state index is 6.51. The molecule has 8 rings (SSSR count).